The fourth-order valence-corrected chi connectivity index (χ4v) is 5.44. The van der Waals surface area contributed by atoms with Crippen LogP contribution in [0.4, 0.5) is 5.69 Å². The molecule has 7 heteroatoms. The Morgan fingerprint density at radius 2 is 1.74 bits per heavy atom. The highest BCUT2D eigenvalue weighted by atomic mass is 32.1. The van der Waals surface area contributed by atoms with Crippen LogP contribution in [0.3, 0.4) is 0 Å². The summed E-state index contributed by atoms with van der Waals surface area (Å²) in [6.45, 7) is 4.04. The zero-order chi connectivity index (χ0) is 24.0. The van der Waals surface area contributed by atoms with Gasteiger partial charge in [-0.25, -0.2) is 0 Å². The van der Waals surface area contributed by atoms with Gasteiger partial charge in [-0.15, -0.1) is 0 Å². The standard InChI is InChI=1S/C27H26N2O4S/c1-17-9-7-10-18(15-17)29-26(34)28(25(30)20-11-5-6-13-22(20)31-3)21-16-27(29,2)33-24-19(21)12-8-14-23(24)32-4/h5-15,21H,16H2,1-4H3/t21-,27-/m1/s1. The monoisotopic (exact) mass is 474 g/mol. The SMILES string of the molecule is COc1ccccc1C(=O)N1C(=S)N(c2cccc(C)c2)[C@@]2(C)C[C@@H]1c1cccc(OC)c1O2. The number of methoxy groups -OCH3 is 2. The van der Waals surface area contributed by atoms with E-state index in [0.717, 1.165) is 16.8 Å². The maximum atomic E-state index is 14.1. The van der Waals surface area contributed by atoms with Crippen molar-refractivity contribution < 1.29 is 19.0 Å². The van der Waals surface area contributed by atoms with Gasteiger partial charge in [-0.3, -0.25) is 14.6 Å². The minimum absolute atomic E-state index is 0.220. The van der Waals surface area contributed by atoms with Crippen LogP contribution in [0.15, 0.2) is 66.7 Å². The van der Waals surface area contributed by atoms with Gasteiger partial charge in [-0.1, -0.05) is 36.4 Å². The van der Waals surface area contributed by atoms with Crippen molar-refractivity contribution in [3.63, 3.8) is 0 Å². The molecule has 2 atom stereocenters. The second kappa shape index (κ2) is 8.33. The van der Waals surface area contributed by atoms with E-state index in [4.69, 9.17) is 26.4 Å². The highest BCUT2D eigenvalue weighted by Crippen LogP contribution is 2.52. The summed E-state index contributed by atoms with van der Waals surface area (Å²) in [7, 11) is 3.18. The van der Waals surface area contributed by atoms with E-state index in [1.807, 2.05) is 73.3 Å². The number of hydrogen-bond donors (Lipinski definition) is 0. The molecule has 6 nitrogen and oxygen atoms in total. The molecule has 2 aliphatic rings. The number of amides is 1. The van der Waals surface area contributed by atoms with Crippen molar-refractivity contribution in [2.45, 2.75) is 32.0 Å². The van der Waals surface area contributed by atoms with E-state index >= 15 is 0 Å². The molecule has 34 heavy (non-hydrogen) atoms. The zero-order valence-corrected chi connectivity index (χ0v) is 20.4. The first-order valence-electron chi connectivity index (χ1n) is 11.1. The van der Waals surface area contributed by atoms with Gasteiger partial charge >= 0.3 is 0 Å². The summed E-state index contributed by atoms with van der Waals surface area (Å²) in [6, 6.07) is 20.7. The molecule has 1 fully saturated rings. The van der Waals surface area contributed by atoms with E-state index in [1.165, 1.54) is 0 Å². The summed E-state index contributed by atoms with van der Waals surface area (Å²) in [6.07, 6.45) is 0.530. The van der Waals surface area contributed by atoms with Gasteiger partial charge in [-0.2, -0.15) is 0 Å². The minimum Gasteiger partial charge on any atom is -0.496 e. The van der Waals surface area contributed by atoms with E-state index < -0.39 is 5.72 Å². The first kappa shape index (κ1) is 22.2. The largest absolute Gasteiger partial charge is 0.496 e. The highest BCUT2D eigenvalue weighted by Gasteiger charge is 2.54. The Hall–Kier alpha value is -3.58. The Morgan fingerprint density at radius 3 is 2.47 bits per heavy atom. The third kappa shape index (κ3) is 3.39. The molecular weight excluding hydrogens is 448 g/mol. The van der Waals surface area contributed by atoms with E-state index in [0.29, 0.717) is 34.3 Å². The molecule has 2 heterocycles. The molecule has 0 aromatic heterocycles. The van der Waals surface area contributed by atoms with Crippen molar-refractivity contribution in [1.82, 2.24) is 4.90 Å². The molecule has 2 aliphatic heterocycles. The van der Waals surface area contributed by atoms with Gasteiger partial charge < -0.3 is 14.2 Å². The fraction of sp³-hybridized carbons (Fsp3) is 0.259. The molecule has 174 valence electrons. The Morgan fingerprint density at radius 1 is 1.03 bits per heavy atom. The molecule has 1 saturated heterocycles. The first-order chi connectivity index (χ1) is 16.4. The molecule has 0 spiro atoms. The average Bonchev–Trinajstić information content (AvgIpc) is 2.83. The number of benzene rings is 3. The van der Waals surface area contributed by atoms with Crippen molar-refractivity contribution in [2.75, 3.05) is 19.1 Å². The summed E-state index contributed by atoms with van der Waals surface area (Å²) in [5.41, 5.74) is 2.46. The predicted molar refractivity (Wildman–Crippen MR) is 135 cm³/mol. The van der Waals surface area contributed by atoms with Gasteiger partial charge in [-0.05, 0) is 62.0 Å². The molecule has 3 aromatic rings. The number of anilines is 1. The van der Waals surface area contributed by atoms with Gasteiger partial charge in [0.05, 0.1) is 25.8 Å². The van der Waals surface area contributed by atoms with Crippen LogP contribution in [0.5, 0.6) is 17.2 Å². The maximum Gasteiger partial charge on any atom is 0.264 e. The van der Waals surface area contributed by atoms with Crippen LogP contribution in [0.1, 0.15) is 40.9 Å². The second-order valence-corrected chi connectivity index (χ2v) is 9.07. The molecule has 3 aromatic carbocycles. The van der Waals surface area contributed by atoms with E-state index in [-0.39, 0.29) is 11.9 Å². The van der Waals surface area contributed by atoms with Crippen LogP contribution in [-0.2, 0) is 0 Å². The van der Waals surface area contributed by atoms with Crippen molar-refractivity contribution in [1.29, 1.82) is 0 Å². The molecule has 0 aliphatic carbocycles. The Balaban J connectivity index is 1.72. The maximum absolute atomic E-state index is 14.1. The van der Waals surface area contributed by atoms with E-state index in [2.05, 4.69) is 0 Å². The topological polar surface area (TPSA) is 51.2 Å². The summed E-state index contributed by atoms with van der Waals surface area (Å²) in [4.78, 5) is 17.7. The molecule has 1 amide bonds. The van der Waals surface area contributed by atoms with Gasteiger partial charge in [0.1, 0.15) is 5.75 Å². The van der Waals surface area contributed by atoms with Crippen molar-refractivity contribution in [2.24, 2.45) is 0 Å². The Bertz CT molecular complexity index is 1290. The minimum atomic E-state index is -0.811. The van der Waals surface area contributed by atoms with Crippen molar-refractivity contribution in [3.05, 3.63) is 83.4 Å². The molecule has 2 bridgehead atoms. The van der Waals surface area contributed by atoms with Crippen molar-refractivity contribution in [3.8, 4) is 17.2 Å². The van der Waals surface area contributed by atoms with E-state index in [9.17, 15) is 4.79 Å². The quantitative estimate of drug-likeness (QED) is 0.466. The summed E-state index contributed by atoms with van der Waals surface area (Å²) in [5.74, 6) is 1.53. The average molecular weight is 475 g/mol. The summed E-state index contributed by atoms with van der Waals surface area (Å²) < 4.78 is 17.7. The number of hydrogen-bond acceptors (Lipinski definition) is 5. The van der Waals surface area contributed by atoms with Crippen molar-refractivity contribution >= 4 is 28.9 Å². The lowest BCUT2D eigenvalue weighted by molar-refractivity contribution is 0.0161. The number of thiocarbonyl (C=S) groups is 1. The lowest BCUT2D eigenvalue weighted by atomic mass is 9.88. The van der Waals surface area contributed by atoms with Crippen LogP contribution >= 0.6 is 12.2 Å². The molecule has 5 rings (SSSR count). The van der Waals surface area contributed by atoms with Crippen LogP contribution in [0, 0.1) is 6.92 Å². The lowest BCUT2D eigenvalue weighted by Gasteiger charge is -2.55. The molecule has 0 N–H and O–H groups in total. The number of ether oxygens (including phenoxy) is 3. The third-order valence-corrected chi connectivity index (χ3v) is 6.86. The smallest absolute Gasteiger partial charge is 0.264 e. The lowest BCUT2D eigenvalue weighted by Crippen LogP contribution is -2.67. The highest BCUT2D eigenvalue weighted by molar-refractivity contribution is 7.80. The summed E-state index contributed by atoms with van der Waals surface area (Å²) >= 11 is 6.03. The Kier molecular flexibility index (Phi) is 5.44. The molecule has 0 saturated carbocycles. The van der Waals surface area contributed by atoms with Crippen LogP contribution in [0.25, 0.3) is 0 Å². The summed E-state index contributed by atoms with van der Waals surface area (Å²) in [5, 5.41) is 0.383. The normalized spacial score (nSPS) is 20.9. The van der Waals surface area contributed by atoms with E-state index in [1.54, 1.807) is 31.3 Å². The number of aryl methyl sites for hydroxylation is 1. The number of rotatable bonds is 4. The van der Waals surface area contributed by atoms with Crippen LogP contribution in [0.2, 0.25) is 0 Å². The molecule has 0 unspecified atom stereocenters. The first-order valence-corrected chi connectivity index (χ1v) is 11.5. The number of nitrogens with zero attached hydrogens (tertiary/aromatic N) is 2. The predicted octanol–water partition coefficient (Wildman–Crippen LogP) is 5.50. The molecule has 0 radical (unpaired) electrons. The number of fused-ring (bicyclic) bond motifs is 4. The fourth-order valence-electron chi connectivity index (χ4n) is 4.94. The second-order valence-electron chi connectivity index (χ2n) is 8.71. The van der Waals surface area contributed by atoms with Gasteiger partial charge in [0.2, 0.25) is 0 Å². The van der Waals surface area contributed by atoms with Gasteiger partial charge in [0.15, 0.2) is 22.3 Å². The number of carbonyl (C=O) groups excluding carboxylic acids is 1. The van der Waals surface area contributed by atoms with Crippen LogP contribution in [-0.4, -0.2) is 35.9 Å². The molecular formula is C27H26N2O4S. The number of carbonyl (C=O) groups is 1. The van der Waals surface area contributed by atoms with Gasteiger partial charge in [0, 0.05) is 17.7 Å². The van der Waals surface area contributed by atoms with Gasteiger partial charge in [0.25, 0.3) is 5.91 Å². The third-order valence-electron chi connectivity index (χ3n) is 6.48. The zero-order valence-electron chi connectivity index (χ0n) is 19.6. The van der Waals surface area contributed by atoms with Crippen LogP contribution < -0.4 is 19.1 Å². The Labute approximate surface area is 204 Å². The number of para-hydroxylation sites is 2.